The fraction of sp³-hybridized carbons (Fsp3) is 0.370. The molecule has 2 fully saturated rings. The van der Waals surface area contributed by atoms with Gasteiger partial charge < -0.3 is 35.2 Å². The molecular weight excluding hydrogens is 500 g/mol. The maximum atomic E-state index is 12.6. The molecule has 12 heteroatoms. The molecule has 0 unspecified atom stereocenters. The Morgan fingerprint density at radius 3 is 2.44 bits per heavy atom. The lowest BCUT2D eigenvalue weighted by Crippen LogP contribution is -2.45. The number of amides is 3. The molecule has 6 rings (SSSR count). The molecule has 4 heterocycles. The first kappa shape index (κ1) is 25.0. The van der Waals surface area contributed by atoms with E-state index in [4.69, 9.17) is 24.4 Å². The van der Waals surface area contributed by atoms with Gasteiger partial charge in [0.15, 0.2) is 5.82 Å². The highest BCUT2D eigenvalue weighted by molar-refractivity contribution is 6.02. The molecule has 3 aromatic rings. The van der Waals surface area contributed by atoms with E-state index in [1.54, 1.807) is 18.2 Å². The van der Waals surface area contributed by atoms with E-state index in [-0.39, 0.29) is 18.0 Å². The van der Waals surface area contributed by atoms with Crippen LogP contribution in [0.3, 0.4) is 0 Å². The first-order chi connectivity index (χ1) is 19.0. The van der Waals surface area contributed by atoms with Crippen LogP contribution in [0.5, 0.6) is 0 Å². The van der Waals surface area contributed by atoms with Gasteiger partial charge in [0, 0.05) is 48.7 Å². The minimum Gasteiger partial charge on any atom is -0.378 e. The van der Waals surface area contributed by atoms with E-state index in [9.17, 15) is 9.59 Å². The molecule has 0 bridgehead atoms. The first-order valence-corrected chi connectivity index (χ1v) is 13.1. The van der Waals surface area contributed by atoms with Crippen LogP contribution in [0.2, 0.25) is 0 Å². The van der Waals surface area contributed by atoms with Crippen LogP contribution in [0, 0.1) is 0 Å². The highest BCUT2D eigenvalue weighted by atomic mass is 16.5. The molecule has 0 aliphatic carbocycles. The monoisotopic (exact) mass is 530 g/mol. The minimum atomic E-state index is -0.377. The third-order valence-corrected chi connectivity index (χ3v) is 6.98. The van der Waals surface area contributed by atoms with E-state index in [1.807, 2.05) is 24.3 Å². The van der Waals surface area contributed by atoms with Gasteiger partial charge in [-0.25, -0.2) is 4.79 Å². The van der Waals surface area contributed by atoms with Crippen LogP contribution >= 0.6 is 0 Å². The number of hydrogen-bond donors (Lipinski definition) is 3. The molecule has 39 heavy (non-hydrogen) atoms. The van der Waals surface area contributed by atoms with E-state index in [2.05, 4.69) is 32.7 Å². The van der Waals surface area contributed by atoms with Gasteiger partial charge in [-0.15, -0.1) is 0 Å². The zero-order chi connectivity index (χ0) is 26.8. The Kier molecular flexibility index (Phi) is 6.95. The van der Waals surface area contributed by atoms with Crippen molar-refractivity contribution in [1.29, 1.82) is 0 Å². The topological polar surface area (TPSA) is 134 Å². The van der Waals surface area contributed by atoms with Gasteiger partial charge in [0.1, 0.15) is 0 Å². The highest BCUT2D eigenvalue weighted by Crippen LogP contribution is 2.26. The van der Waals surface area contributed by atoms with Gasteiger partial charge in [0.25, 0.3) is 5.91 Å². The van der Waals surface area contributed by atoms with E-state index in [0.717, 1.165) is 24.2 Å². The van der Waals surface area contributed by atoms with Crippen LogP contribution < -0.4 is 25.8 Å². The molecule has 12 nitrogen and oxygen atoms in total. The van der Waals surface area contributed by atoms with E-state index in [1.165, 1.54) is 0 Å². The fourth-order valence-corrected chi connectivity index (χ4v) is 4.85. The second-order valence-electron chi connectivity index (χ2n) is 9.69. The van der Waals surface area contributed by atoms with Gasteiger partial charge in [-0.05, 0) is 55.0 Å². The summed E-state index contributed by atoms with van der Waals surface area (Å²) in [6, 6.07) is 12.4. The Morgan fingerprint density at radius 1 is 0.923 bits per heavy atom. The number of fused-ring (bicyclic) bond motifs is 1. The second kappa shape index (κ2) is 10.8. The van der Waals surface area contributed by atoms with Gasteiger partial charge in [-0.1, -0.05) is 0 Å². The Morgan fingerprint density at radius 2 is 1.64 bits per heavy atom. The summed E-state index contributed by atoms with van der Waals surface area (Å²) in [4.78, 5) is 43.0. The number of benzene rings is 2. The van der Waals surface area contributed by atoms with Gasteiger partial charge in [0.2, 0.25) is 11.9 Å². The van der Waals surface area contributed by atoms with Crippen molar-refractivity contribution in [3.63, 3.8) is 0 Å². The largest absolute Gasteiger partial charge is 0.378 e. The molecule has 3 N–H and O–H groups in total. The summed E-state index contributed by atoms with van der Waals surface area (Å²) in [6.07, 6.45) is 0. The lowest BCUT2D eigenvalue weighted by atomic mass is 10.1. The second-order valence-corrected chi connectivity index (χ2v) is 9.69. The molecule has 0 radical (unpaired) electrons. The van der Waals surface area contributed by atoms with Crippen LogP contribution in [0.15, 0.2) is 42.5 Å². The summed E-state index contributed by atoms with van der Waals surface area (Å²) in [5.74, 6) is 1.73. The van der Waals surface area contributed by atoms with Crippen molar-refractivity contribution in [1.82, 2.24) is 20.3 Å². The molecule has 202 valence electrons. The number of nitrogens with one attached hydrogen (secondary N) is 3. The fourth-order valence-electron chi connectivity index (χ4n) is 4.85. The lowest BCUT2D eigenvalue weighted by molar-refractivity contribution is 0.0965. The standard InChI is InChI=1S/C27H30N8O4/c1-17-16-39-13-10-35(17)26-32-23(31-25(33-26)34-8-11-38-12-9-34)18-2-4-20(5-3-18)29-27(37)30-21-6-7-22-19(14-21)15-28-24(22)36/h2-7,14,17H,8-13,15-16H2,1H3,(H,28,36)(H2,29,30,37)/t17-/m0/s1. The molecule has 0 spiro atoms. The molecule has 1 aromatic heterocycles. The molecular formula is C27H30N8O4. The minimum absolute atomic E-state index is 0.0945. The number of carbonyl (C=O) groups excluding carboxylic acids is 2. The van der Waals surface area contributed by atoms with Gasteiger partial charge in [-0.3, -0.25) is 4.79 Å². The normalized spacial score (nSPS) is 18.9. The zero-order valence-electron chi connectivity index (χ0n) is 21.6. The maximum absolute atomic E-state index is 12.6. The van der Waals surface area contributed by atoms with Crippen molar-refractivity contribution in [2.75, 3.05) is 66.5 Å². The van der Waals surface area contributed by atoms with E-state index < -0.39 is 0 Å². The Labute approximate surface area is 225 Å². The smallest absolute Gasteiger partial charge is 0.323 e. The number of carbonyl (C=O) groups is 2. The van der Waals surface area contributed by atoms with Crippen LogP contribution in [-0.2, 0) is 16.0 Å². The Balaban J connectivity index is 1.19. The summed E-state index contributed by atoms with van der Waals surface area (Å²) in [5, 5.41) is 8.44. The molecule has 3 aliphatic heterocycles. The summed E-state index contributed by atoms with van der Waals surface area (Å²) in [6.45, 7) is 7.22. The first-order valence-electron chi connectivity index (χ1n) is 13.1. The molecule has 1 atom stereocenters. The molecule has 2 saturated heterocycles. The van der Waals surface area contributed by atoms with Crippen molar-refractivity contribution in [3.8, 4) is 11.4 Å². The Bertz CT molecular complexity index is 1380. The predicted octanol–water partition coefficient (Wildman–Crippen LogP) is 2.49. The van der Waals surface area contributed by atoms with Crippen molar-refractivity contribution in [3.05, 3.63) is 53.6 Å². The van der Waals surface area contributed by atoms with Gasteiger partial charge >= 0.3 is 6.03 Å². The van der Waals surface area contributed by atoms with Crippen LogP contribution in [0.4, 0.5) is 28.1 Å². The molecule has 2 aromatic carbocycles. The zero-order valence-corrected chi connectivity index (χ0v) is 21.6. The van der Waals surface area contributed by atoms with Gasteiger partial charge in [0.05, 0.1) is 32.5 Å². The van der Waals surface area contributed by atoms with Gasteiger partial charge in [-0.2, -0.15) is 15.0 Å². The maximum Gasteiger partial charge on any atom is 0.323 e. The average molecular weight is 531 g/mol. The third kappa shape index (κ3) is 5.47. The number of anilines is 4. The number of morpholine rings is 2. The van der Waals surface area contributed by atoms with Crippen LogP contribution in [0.25, 0.3) is 11.4 Å². The average Bonchev–Trinajstić information content (AvgIpc) is 3.33. The van der Waals surface area contributed by atoms with Crippen molar-refractivity contribution >= 4 is 35.2 Å². The lowest BCUT2D eigenvalue weighted by Gasteiger charge is -2.34. The number of ether oxygens (including phenoxy) is 2. The third-order valence-electron chi connectivity index (χ3n) is 6.98. The SMILES string of the molecule is C[C@H]1COCCN1c1nc(-c2ccc(NC(=O)Nc3ccc4c(c3)CNC4=O)cc2)nc(N2CCOCC2)n1. The molecule has 0 saturated carbocycles. The van der Waals surface area contributed by atoms with Crippen LogP contribution in [-0.4, -0.2) is 79.0 Å². The molecule has 3 amide bonds. The van der Waals surface area contributed by atoms with E-state index >= 15 is 0 Å². The Hall–Kier alpha value is -4.29. The number of aromatic nitrogens is 3. The van der Waals surface area contributed by atoms with Crippen molar-refractivity contribution < 1.29 is 19.1 Å². The molecule has 3 aliphatic rings. The van der Waals surface area contributed by atoms with E-state index in [0.29, 0.717) is 74.2 Å². The number of urea groups is 1. The number of rotatable bonds is 5. The summed E-state index contributed by atoms with van der Waals surface area (Å²) in [5.41, 5.74) is 3.55. The number of nitrogens with zero attached hydrogens (tertiary/aromatic N) is 5. The van der Waals surface area contributed by atoms with Crippen LogP contribution in [0.1, 0.15) is 22.8 Å². The predicted molar refractivity (Wildman–Crippen MR) is 146 cm³/mol. The van der Waals surface area contributed by atoms with Crippen molar-refractivity contribution in [2.24, 2.45) is 0 Å². The summed E-state index contributed by atoms with van der Waals surface area (Å²) in [7, 11) is 0. The highest BCUT2D eigenvalue weighted by Gasteiger charge is 2.25. The summed E-state index contributed by atoms with van der Waals surface area (Å²) < 4.78 is 11.1. The number of hydrogen-bond acceptors (Lipinski definition) is 9. The van der Waals surface area contributed by atoms with Crippen molar-refractivity contribution in [2.45, 2.75) is 19.5 Å². The summed E-state index contributed by atoms with van der Waals surface area (Å²) >= 11 is 0. The quantitative estimate of drug-likeness (QED) is 0.455.